The van der Waals surface area contributed by atoms with E-state index in [1.54, 1.807) is 48.0 Å². The van der Waals surface area contributed by atoms with Crippen molar-refractivity contribution >= 4 is 28.8 Å². The first kappa shape index (κ1) is 17.9. The van der Waals surface area contributed by atoms with Gasteiger partial charge in [0.15, 0.2) is 10.8 Å². The van der Waals surface area contributed by atoms with Crippen molar-refractivity contribution in [2.45, 2.75) is 26.3 Å². The second kappa shape index (κ2) is 7.13. The van der Waals surface area contributed by atoms with E-state index in [1.807, 2.05) is 20.8 Å². The highest BCUT2D eigenvalue weighted by Gasteiger charge is 2.16. The second-order valence-electron chi connectivity index (χ2n) is 6.75. The highest BCUT2D eigenvalue weighted by Crippen LogP contribution is 2.24. The topological polar surface area (TPSA) is 84.2 Å². The molecule has 0 aliphatic carbocycles. The summed E-state index contributed by atoms with van der Waals surface area (Å²) in [6, 6.07) is 10.3. The Bertz CT molecular complexity index is 906. The van der Waals surface area contributed by atoms with Gasteiger partial charge in [0.25, 0.3) is 11.8 Å². The van der Waals surface area contributed by atoms with Crippen molar-refractivity contribution in [2.24, 2.45) is 0 Å². The number of nitrogens with zero attached hydrogens (tertiary/aromatic N) is 1. The van der Waals surface area contributed by atoms with Crippen LogP contribution in [0.3, 0.4) is 0 Å². The van der Waals surface area contributed by atoms with Gasteiger partial charge in [-0.3, -0.25) is 9.59 Å². The molecular formula is C19H19N3O3S. The molecule has 2 N–H and O–H groups in total. The number of nitrogens with one attached hydrogen (secondary N) is 2. The minimum atomic E-state index is -0.314. The van der Waals surface area contributed by atoms with E-state index in [0.29, 0.717) is 27.7 Å². The van der Waals surface area contributed by atoms with E-state index in [-0.39, 0.29) is 17.4 Å². The molecular weight excluding hydrogens is 350 g/mol. The molecule has 0 unspecified atom stereocenters. The number of rotatable bonds is 4. The van der Waals surface area contributed by atoms with Crippen LogP contribution in [-0.4, -0.2) is 22.3 Å². The maximum Gasteiger partial charge on any atom is 0.275 e. The Kier molecular flexibility index (Phi) is 4.90. The first-order chi connectivity index (χ1) is 12.3. The van der Waals surface area contributed by atoms with E-state index in [2.05, 4.69) is 15.6 Å². The van der Waals surface area contributed by atoms with Gasteiger partial charge in [-0.2, -0.15) is 0 Å². The summed E-state index contributed by atoms with van der Waals surface area (Å²) in [5, 5.41) is 7.99. The molecule has 0 fully saturated rings. The van der Waals surface area contributed by atoms with E-state index in [1.165, 1.54) is 11.3 Å². The number of aromatic nitrogens is 1. The van der Waals surface area contributed by atoms with Gasteiger partial charge in [0.1, 0.15) is 5.69 Å². The highest BCUT2D eigenvalue weighted by molar-refractivity contribution is 7.13. The Labute approximate surface area is 155 Å². The summed E-state index contributed by atoms with van der Waals surface area (Å²) in [6.45, 7) is 5.76. The van der Waals surface area contributed by atoms with Crippen LogP contribution in [0, 0.1) is 0 Å². The van der Waals surface area contributed by atoms with Crippen LogP contribution in [-0.2, 0) is 0 Å². The van der Waals surface area contributed by atoms with Crippen molar-refractivity contribution in [3.63, 3.8) is 0 Å². The van der Waals surface area contributed by atoms with E-state index in [0.717, 1.165) is 0 Å². The average Bonchev–Trinajstić information content (AvgIpc) is 3.25. The molecule has 0 aliphatic heterocycles. The Morgan fingerprint density at radius 3 is 2.42 bits per heavy atom. The van der Waals surface area contributed by atoms with Gasteiger partial charge < -0.3 is 15.1 Å². The van der Waals surface area contributed by atoms with Crippen LogP contribution in [0.15, 0.2) is 52.5 Å². The van der Waals surface area contributed by atoms with Gasteiger partial charge in [0.2, 0.25) is 0 Å². The molecule has 134 valence electrons. The number of hydrogen-bond donors (Lipinski definition) is 2. The predicted octanol–water partition coefficient (Wildman–Crippen LogP) is 4.18. The minimum absolute atomic E-state index is 0.155. The van der Waals surface area contributed by atoms with Crippen molar-refractivity contribution in [3.8, 4) is 10.8 Å². The molecule has 0 spiro atoms. The molecule has 0 saturated carbocycles. The number of benzene rings is 1. The number of thiazole rings is 1. The van der Waals surface area contributed by atoms with Gasteiger partial charge in [-0.25, -0.2) is 4.98 Å². The summed E-state index contributed by atoms with van der Waals surface area (Å²) in [6.07, 6.45) is 1.56. The van der Waals surface area contributed by atoms with Crippen LogP contribution < -0.4 is 10.6 Å². The lowest BCUT2D eigenvalue weighted by Crippen LogP contribution is -2.40. The van der Waals surface area contributed by atoms with E-state index in [4.69, 9.17) is 4.42 Å². The summed E-state index contributed by atoms with van der Waals surface area (Å²) in [7, 11) is 0. The molecule has 3 aromatic rings. The summed E-state index contributed by atoms with van der Waals surface area (Å²) in [4.78, 5) is 28.7. The van der Waals surface area contributed by atoms with E-state index < -0.39 is 0 Å². The van der Waals surface area contributed by atoms with Crippen LogP contribution >= 0.6 is 11.3 Å². The quantitative estimate of drug-likeness (QED) is 0.722. The number of hydrogen-bond acceptors (Lipinski definition) is 5. The lowest BCUT2D eigenvalue weighted by Gasteiger charge is -2.20. The Morgan fingerprint density at radius 2 is 1.81 bits per heavy atom. The number of carbonyl (C=O) groups is 2. The monoisotopic (exact) mass is 369 g/mol. The van der Waals surface area contributed by atoms with E-state index >= 15 is 0 Å². The average molecular weight is 369 g/mol. The molecule has 0 atom stereocenters. The molecule has 0 aliphatic rings. The molecule has 7 heteroatoms. The van der Waals surface area contributed by atoms with Crippen molar-refractivity contribution in [1.29, 1.82) is 0 Å². The Morgan fingerprint density at radius 1 is 1.08 bits per heavy atom. The van der Waals surface area contributed by atoms with Crippen LogP contribution in [0.4, 0.5) is 5.69 Å². The van der Waals surface area contributed by atoms with Crippen LogP contribution in [0.5, 0.6) is 0 Å². The number of carbonyl (C=O) groups excluding carboxylic acids is 2. The van der Waals surface area contributed by atoms with Gasteiger partial charge >= 0.3 is 0 Å². The van der Waals surface area contributed by atoms with Crippen molar-refractivity contribution in [1.82, 2.24) is 10.3 Å². The molecule has 0 saturated heterocycles. The van der Waals surface area contributed by atoms with Crippen molar-refractivity contribution in [3.05, 3.63) is 59.3 Å². The SMILES string of the molecule is CC(C)(C)NC(=O)c1ccc(NC(=O)c2csc(-c3ccco3)n2)cc1. The third kappa shape index (κ3) is 4.37. The smallest absolute Gasteiger partial charge is 0.275 e. The molecule has 6 nitrogen and oxygen atoms in total. The zero-order valence-corrected chi connectivity index (χ0v) is 15.5. The standard InChI is InChI=1S/C19H19N3O3S/c1-19(2,3)22-16(23)12-6-8-13(9-7-12)20-17(24)14-11-26-18(21-14)15-5-4-10-25-15/h4-11H,1-3H3,(H,20,24)(H,22,23). The van der Waals surface area contributed by atoms with Crippen LogP contribution in [0.2, 0.25) is 0 Å². The largest absolute Gasteiger partial charge is 0.462 e. The molecule has 2 aromatic heterocycles. The fourth-order valence-electron chi connectivity index (χ4n) is 2.20. The second-order valence-corrected chi connectivity index (χ2v) is 7.61. The van der Waals surface area contributed by atoms with Crippen molar-refractivity contribution in [2.75, 3.05) is 5.32 Å². The zero-order valence-electron chi connectivity index (χ0n) is 14.7. The van der Waals surface area contributed by atoms with Crippen LogP contribution in [0.25, 0.3) is 10.8 Å². The minimum Gasteiger partial charge on any atom is -0.462 e. The van der Waals surface area contributed by atoms with Crippen LogP contribution in [0.1, 0.15) is 41.6 Å². The maximum atomic E-state index is 12.3. The lowest BCUT2D eigenvalue weighted by molar-refractivity contribution is 0.0919. The third-order valence-electron chi connectivity index (χ3n) is 3.36. The number of amides is 2. The summed E-state index contributed by atoms with van der Waals surface area (Å²) >= 11 is 1.34. The van der Waals surface area contributed by atoms with Gasteiger partial charge in [0, 0.05) is 22.2 Å². The molecule has 2 heterocycles. The summed E-state index contributed by atoms with van der Waals surface area (Å²) in [5.74, 6) is 0.159. The summed E-state index contributed by atoms with van der Waals surface area (Å²) in [5.41, 5.74) is 1.14. The van der Waals surface area contributed by atoms with Gasteiger partial charge in [0.05, 0.1) is 6.26 Å². The lowest BCUT2D eigenvalue weighted by atomic mass is 10.1. The first-order valence-corrected chi connectivity index (χ1v) is 8.93. The predicted molar refractivity (Wildman–Crippen MR) is 101 cm³/mol. The summed E-state index contributed by atoms with van der Waals surface area (Å²) < 4.78 is 5.28. The molecule has 1 aromatic carbocycles. The van der Waals surface area contributed by atoms with Gasteiger partial charge in [-0.15, -0.1) is 11.3 Å². The van der Waals surface area contributed by atoms with Crippen molar-refractivity contribution < 1.29 is 14.0 Å². The third-order valence-corrected chi connectivity index (χ3v) is 4.22. The Balaban J connectivity index is 1.66. The molecule has 3 rings (SSSR count). The Hall–Kier alpha value is -2.93. The van der Waals surface area contributed by atoms with Gasteiger partial charge in [-0.1, -0.05) is 0 Å². The normalized spacial score (nSPS) is 11.2. The fraction of sp³-hybridized carbons (Fsp3) is 0.211. The number of anilines is 1. The van der Waals surface area contributed by atoms with Gasteiger partial charge in [-0.05, 0) is 57.2 Å². The highest BCUT2D eigenvalue weighted by atomic mass is 32.1. The van der Waals surface area contributed by atoms with E-state index in [9.17, 15) is 9.59 Å². The fourth-order valence-corrected chi connectivity index (χ4v) is 2.97. The molecule has 0 radical (unpaired) electrons. The number of furan rings is 1. The molecule has 2 amide bonds. The molecule has 0 bridgehead atoms. The maximum absolute atomic E-state index is 12.3. The first-order valence-electron chi connectivity index (χ1n) is 8.05. The zero-order chi connectivity index (χ0) is 18.7. The molecule has 26 heavy (non-hydrogen) atoms.